The Balaban J connectivity index is 2.19. The quantitative estimate of drug-likeness (QED) is 0.788. The zero-order valence-electron chi connectivity index (χ0n) is 12.0. The van der Waals surface area contributed by atoms with E-state index in [2.05, 4.69) is 0 Å². The third-order valence-corrected chi connectivity index (χ3v) is 4.80. The van der Waals surface area contributed by atoms with Gasteiger partial charge in [0.15, 0.2) is 0 Å². The normalized spacial score (nSPS) is 29.4. The molecule has 0 aromatic carbocycles. The lowest BCUT2D eigenvalue weighted by Gasteiger charge is -2.38. The number of methoxy groups -OCH3 is 1. The third-order valence-electron chi connectivity index (χ3n) is 4.80. The van der Waals surface area contributed by atoms with Crippen molar-refractivity contribution in [2.45, 2.75) is 50.7 Å². The summed E-state index contributed by atoms with van der Waals surface area (Å²) in [6.45, 7) is 0.653. The number of ether oxygens (including phenoxy) is 1. The smallest absolute Gasteiger partial charge is 0.326 e. The molecule has 1 aliphatic heterocycles. The summed E-state index contributed by atoms with van der Waals surface area (Å²) in [5.41, 5.74) is 5.31. The molecule has 0 aromatic heterocycles. The van der Waals surface area contributed by atoms with Crippen molar-refractivity contribution in [3.63, 3.8) is 0 Å². The van der Waals surface area contributed by atoms with Crippen LogP contribution in [0.15, 0.2) is 0 Å². The maximum atomic E-state index is 12.9. The molecule has 20 heavy (non-hydrogen) atoms. The third kappa shape index (κ3) is 2.67. The average molecular weight is 284 g/mol. The number of rotatable bonds is 4. The minimum atomic E-state index is -0.958. The predicted octanol–water partition coefficient (Wildman–Crippen LogP) is 0.596. The summed E-state index contributed by atoms with van der Waals surface area (Å²) >= 11 is 0. The molecule has 6 nitrogen and oxygen atoms in total. The molecule has 3 N–H and O–H groups in total. The van der Waals surface area contributed by atoms with Crippen molar-refractivity contribution in [3.8, 4) is 0 Å². The first kappa shape index (κ1) is 15.3. The fourth-order valence-electron chi connectivity index (χ4n) is 3.47. The lowest BCUT2D eigenvalue weighted by atomic mass is 9.73. The number of hydrogen-bond acceptors (Lipinski definition) is 4. The first-order valence-electron chi connectivity index (χ1n) is 7.31. The Hall–Kier alpha value is -1.14. The number of carboxylic acids is 1. The van der Waals surface area contributed by atoms with Gasteiger partial charge in [0.1, 0.15) is 6.04 Å². The average Bonchev–Trinajstić information content (AvgIpc) is 2.91. The second kappa shape index (κ2) is 6.10. The van der Waals surface area contributed by atoms with Crippen LogP contribution in [0, 0.1) is 5.41 Å². The van der Waals surface area contributed by atoms with Crippen molar-refractivity contribution in [2.75, 3.05) is 20.2 Å². The van der Waals surface area contributed by atoms with Crippen molar-refractivity contribution >= 4 is 11.9 Å². The van der Waals surface area contributed by atoms with Crippen LogP contribution in [0.5, 0.6) is 0 Å². The van der Waals surface area contributed by atoms with Gasteiger partial charge < -0.3 is 20.5 Å². The standard InChI is InChI=1S/C14H24N2O4/c1-20-10-7-11(12(17)18)16(8-10)13(19)14(9-15)5-3-2-4-6-14/h10-11H,2-9,15H2,1H3,(H,17,18). The Labute approximate surface area is 119 Å². The molecule has 2 aliphatic rings. The van der Waals surface area contributed by atoms with Crippen molar-refractivity contribution in [2.24, 2.45) is 11.1 Å². The molecule has 1 amide bonds. The number of carboxylic acid groups (broad SMARTS) is 1. The molecule has 0 bridgehead atoms. The number of carbonyl (C=O) groups is 2. The summed E-state index contributed by atoms with van der Waals surface area (Å²) in [6, 6.07) is -0.780. The number of aliphatic carboxylic acids is 1. The summed E-state index contributed by atoms with van der Waals surface area (Å²) in [7, 11) is 1.55. The highest BCUT2D eigenvalue weighted by Gasteiger charge is 2.47. The van der Waals surface area contributed by atoms with E-state index < -0.39 is 17.4 Å². The predicted molar refractivity (Wildman–Crippen MR) is 73.1 cm³/mol. The highest BCUT2D eigenvalue weighted by molar-refractivity contribution is 5.88. The van der Waals surface area contributed by atoms with E-state index in [1.165, 1.54) is 4.90 Å². The van der Waals surface area contributed by atoms with E-state index in [1.807, 2.05) is 0 Å². The zero-order valence-corrected chi connectivity index (χ0v) is 12.0. The van der Waals surface area contributed by atoms with Gasteiger partial charge in [-0.15, -0.1) is 0 Å². The zero-order chi connectivity index (χ0) is 14.8. The van der Waals surface area contributed by atoms with Crippen LogP contribution >= 0.6 is 0 Å². The van der Waals surface area contributed by atoms with Crippen molar-refractivity contribution < 1.29 is 19.4 Å². The van der Waals surface area contributed by atoms with Crippen LogP contribution in [-0.2, 0) is 14.3 Å². The van der Waals surface area contributed by atoms with Gasteiger partial charge in [-0.2, -0.15) is 0 Å². The minimum absolute atomic E-state index is 0.0911. The van der Waals surface area contributed by atoms with Crippen LogP contribution in [-0.4, -0.2) is 54.2 Å². The summed E-state index contributed by atoms with van der Waals surface area (Å²) in [5.74, 6) is -1.05. The SMILES string of the molecule is COC1CC(C(=O)O)N(C(=O)C2(CN)CCCCC2)C1. The van der Waals surface area contributed by atoms with E-state index in [0.29, 0.717) is 19.5 Å². The Kier molecular flexibility index (Phi) is 4.65. The molecule has 1 saturated carbocycles. The number of amides is 1. The molecule has 0 aromatic rings. The summed E-state index contributed by atoms with van der Waals surface area (Å²) in [4.78, 5) is 25.7. The maximum Gasteiger partial charge on any atom is 0.326 e. The molecule has 2 rings (SSSR count). The van der Waals surface area contributed by atoms with Gasteiger partial charge in [-0.25, -0.2) is 4.79 Å². The molecule has 2 atom stereocenters. The number of carbonyl (C=O) groups excluding carboxylic acids is 1. The van der Waals surface area contributed by atoms with Crippen LogP contribution < -0.4 is 5.73 Å². The van der Waals surface area contributed by atoms with E-state index in [9.17, 15) is 14.7 Å². The Morgan fingerprint density at radius 2 is 2.00 bits per heavy atom. The molecule has 0 spiro atoms. The monoisotopic (exact) mass is 284 g/mol. The second-order valence-electron chi connectivity index (χ2n) is 5.95. The number of nitrogens with zero attached hydrogens (tertiary/aromatic N) is 1. The highest BCUT2D eigenvalue weighted by atomic mass is 16.5. The molecule has 2 unspecified atom stereocenters. The van der Waals surface area contributed by atoms with Gasteiger partial charge in [-0.05, 0) is 12.8 Å². The van der Waals surface area contributed by atoms with Crippen molar-refractivity contribution in [1.29, 1.82) is 0 Å². The molecule has 114 valence electrons. The van der Waals surface area contributed by atoms with Gasteiger partial charge in [0.25, 0.3) is 0 Å². The van der Waals surface area contributed by atoms with Gasteiger partial charge in [-0.1, -0.05) is 19.3 Å². The molecule has 0 radical (unpaired) electrons. The molecular weight excluding hydrogens is 260 g/mol. The Bertz CT molecular complexity index is 379. The first-order valence-corrected chi connectivity index (χ1v) is 7.31. The van der Waals surface area contributed by atoms with Crippen LogP contribution in [0.2, 0.25) is 0 Å². The van der Waals surface area contributed by atoms with Crippen molar-refractivity contribution in [1.82, 2.24) is 4.90 Å². The number of nitrogens with two attached hydrogens (primary N) is 1. The first-order chi connectivity index (χ1) is 9.54. The minimum Gasteiger partial charge on any atom is -0.480 e. The Morgan fingerprint density at radius 1 is 1.35 bits per heavy atom. The van der Waals surface area contributed by atoms with Gasteiger partial charge >= 0.3 is 5.97 Å². The molecular formula is C14H24N2O4. The second-order valence-corrected chi connectivity index (χ2v) is 5.95. The Morgan fingerprint density at radius 3 is 2.50 bits per heavy atom. The lowest BCUT2D eigenvalue weighted by Crippen LogP contribution is -2.52. The molecule has 6 heteroatoms. The van der Waals surface area contributed by atoms with Gasteiger partial charge in [-0.3, -0.25) is 4.79 Å². The van der Waals surface area contributed by atoms with Crippen LogP contribution in [0.3, 0.4) is 0 Å². The summed E-state index contributed by atoms with van der Waals surface area (Å²) in [6.07, 6.45) is 4.80. The summed E-state index contributed by atoms with van der Waals surface area (Å²) < 4.78 is 5.24. The fraction of sp³-hybridized carbons (Fsp3) is 0.857. The van der Waals surface area contributed by atoms with E-state index >= 15 is 0 Å². The highest BCUT2D eigenvalue weighted by Crippen LogP contribution is 2.39. The van der Waals surface area contributed by atoms with Gasteiger partial charge in [0, 0.05) is 26.6 Å². The van der Waals surface area contributed by atoms with Crippen LogP contribution in [0.1, 0.15) is 38.5 Å². The van der Waals surface area contributed by atoms with E-state index in [-0.39, 0.29) is 12.0 Å². The fourth-order valence-corrected chi connectivity index (χ4v) is 3.47. The van der Waals surface area contributed by atoms with Gasteiger partial charge in [0.05, 0.1) is 11.5 Å². The molecule has 1 saturated heterocycles. The maximum absolute atomic E-state index is 12.9. The van der Waals surface area contributed by atoms with E-state index in [4.69, 9.17) is 10.5 Å². The summed E-state index contributed by atoms with van der Waals surface area (Å²) in [5, 5.41) is 9.32. The van der Waals surface area contributed by atoms with Crippen molar-refractivity contribution in [3.05, 3.63) is 0 Å². The topological polar surface area (TPSA) is 92.9 Å². The lowest BCUT2D eigenvalue weighted by molar-refractivity contribution is -0.154. The number of hydrogen-bond donors (Lipinski definition) is 2. The van der Waals surface area contributed by atoms with E-state index in [1.54, 1.807) is 7.11 Å². The van der Waals surface area contributed by atoms with Gasteiger partial charge in [0.2, 0.25) is 5.91 Å². The largest absolute Gasteiger partial charge is 0.480 e. The van der Waals surface area contributed by atoms with Crippen LogP contribution in [0.25, 0.3) is 0 Å². The van der Waals surface area contributed by atoms with E-state index in [0.717, 1.165) is 32.1 Å². The molecule has 1 aliphatic carbocycles. The molecule has 1 heterocycles. The van der Waals surface area contributed by atoms with Crippen LogP contribution in [0.4, 0.5) is 0 Å². The molecule has 2 fully saturated rings. The number of likely N-dealkylation sites (tertiary alicyclic amines) is 1.